The van der Waals surface area contributed by atoms with Gasteiger partial charge in [-0.3, -0.25) is 0 Å². The molecular weight excluding hydrogens is 168 g/mol. The van der Waals surface area contributed by atoms with Crippen molar-refractivity contribution in [1.29, 1.82) is 0 Å². The van der Waals surface area contributed by atoms with Crippen LogP contribution in [0.15, 0.2) is 23.2 Å². The molecule has 12 heavy (non-hydrogen) atoms. The molecular formula is C9H14N2S. The maximum Gasteiger partial charge on any atom is 0.127 e. The second-order valence-corrected chi connectivity index (χ2v) is 3.61. The Morgan fingerprint density at radius 2 is 2.25 bits per heavy atom. The number of hydrogen-bond donors (Lipinski definition) is 1. The summed E-state index contributed by atoms with van der Waals surface area (Å²) < 4.78 is 0. The number of thioether (sulfide) groups is 1. The van der Waals surface area contributed by atoms with Crippen molar-refractivity contribution in [2.24, 2.45) is 0 Å². The largest absolute Gasteiger partial charge is 0.370 e. The van der Waals surface area contributed by atoms with E-state index >= 15 is 0 Å². The first-order valence-electron chi connectivity index (χ1n) is 4.20. The van der Waals surface area contributed by atoms with Crippen molar-refractivity contribution >= 4 is 17.6 Å². The maximum atomic E-state index is 4.40. The highest BCUT2D eigenvalue weighted by Gasteiger charge is 1.94. The van der Waals surface area contributed by atoms with E-state index in [0.717, 1.165) is 23.1 Å². The minimum atomic E-state index is 0.924. The SMILES string of the molecule is CCNc1cccc(SCC)n1. The van der Waals surface area contributed by atoms with Crippen molar-refractivity contribution in [3.8, 4) is 0 Å². The molecule has 0 spiro atoms. The third-order valence-corrected chi connectivity index (χ3v) is 2.19. The van der Waals surface area contributed by atoms with Gasteiger partial charge in [0.2, 0.25) is 0 Å². The molecule has 1 rings (SSSR count). The topological polar surface area (TPSA) is 24.9 Å². The van der Waals surface area contributed by atoms with E-state index in [1.165, 1.54) is 0 Å². The maximum absolute atomic E-state index is 4.40. The Morgan fingerprint density at radius 3 is 2.92 bits per heavy atom. The predicted molar refractivity (Wildman–Crippen MR) is 54.8 cm³/mol. The van der Waals surface area contributed by atoms with Crippen LogP contribution in [0.5, 0.6) is 0 Å². The van der Waals surface area contributed by atoms with Crippen LogP contribution in [0.2, 0.25) is 0 Å². The van der Waals surface area contributed by atoms with E-state index in [1.54, 1.807) is 11.8 Å². The molecule has 0 aromatic carbocycles. The van der Waals surface area contributed by atoms with Crippen molar-refractivity contribution in [2.75, 3.05) is 17.6 Å². The highest BCUT2D eigenvalue weighted by Crippen LogP contribution is 2.16. The Labute approximate surface area is 77.8 Å². The van der Waals surface area contributed by atoms with E-state index in [4.69, 9.17) is 0 Å². The van der Waals surface area contributed by atoms with Crippen LogP contribution < -0.4 is 5.32 Å². The zero-order valence-electron chi connectivity index (χ0n) is 7.50. The molecule has 0 atom stereocenters. The monoisotopic (exact) mass is 182 g/mol. The van der Waals surface area contributed by atoms with Gasteiger partial charge in [0.15, 0.2) is 0 Å². The number of aromatic nitrogens is 1. The lowest BCUT2D eigenvalue weighted by Crippen LogP contribution is -1.98. The third kappa shape index (κ3) is 2.74. The summed E-state index contributed by atoms with van der Waals surface area (Å²) in [5.74, 6) is 2.04. The Kier molecular flexibility index (Phi) is 3.94. The van der Waals surface area contributed by atoms with Crippen LogP contribution in [0.25, 0.3) is 0 Å². The summed E-state index contributed by atoms with van der Waals surface area (Å²) in [5.41, 5.74) is 0. The lowest BCUT2D eigenvalue weighted by Gasteiger charge is -2.03. The van der Waals surface area contributed by atoms with E-state index in [-0.39, 0.29) is 0 Å². The van der Waals surface area contributed by atoms with E-state index in [1.807, 2.05) is 18.2 Å². The molecule has 1 aromatic rings. The van der Waals surface area contributed by atoms with Crippen LogP contribution in [-0.4, -0.2) is 17.3 Å². The Hall–Kier alpha value is -0.700. The zero-order valence-corrected chi connectivity index (χ0v) is 8.32. The molecule has 0 saturated heterocycles. The summed E-state index contributed by atoms with van der Waals surface area (Å²) in [6, 6.07) is 6.06. The first kappa shape index (κ1) is 9.39. The molecule has 0 saturated carbocycles. The Balaban J connectivity index is 2.67. The average Bonchev–Trinajstić information content (AvgIpc) is 2.06. The van der Waals surface area contributed by atoms with E-state index in [2.05, 4.69) is 24.1 Å². The van der Waals surface area contributed by atoms with Crippen molar-refractivity contribution < 1.29 is 0 Å². The second kappa shape index (κ2) is 5.04. The number of pyridine rings is 1. The molecule has 0 radical (unpaired) electrons. The van der Waals surface area contributed by atoms with Gasteiger partial charge in [-0.15, -0.1) is 11.8 Å². The summed E-state index contributed by atoms with van der Waals surface area (Å²) in [6.45, 7) is 5.13. The first-order chi connectivity index (χ1) is 5.86. The van der Waals surface area contributed by atoms with Crippen LogP contribution in [0.1, 0.15) is 13.8 Å². The van der Waals surface area contributed by atoms with Crippen LogP contribution in [0.3, 0.4) is 0 Å². The molecule has 1 aromatic heterocycles. The molecule has 0 fully saturated rings. The van der Waals surface area contributed by atoms with Gasteiger partial charge in [0.1, 0.15) is 5.82 Å². The van der Waals surface area contributed by atoms with E-state index in [0.29, 0.717) is 0 Å². The molecule has 1 N–H and O–H groups in total. The second-order valence-electron chi connectivity index (χ2n) is 2.32. The van der Waals surface area contributed by atoms with Gasteiger partial charge in [-0.2, -0.15) is 0 Å². The van der Waals surface area contributed by atoms with Gasteiger partial charge in [-0.25, -0.2) is 4.98 Å². The number of hydrogen-bond acceptors (Lipinski definition) is 3. The number of rotatable bonds is 4. The summed E-state index contributed by atoms with van der Waals surface area (Å²) in [4.78, 5) is 4.40. The van der Waals surface area contributed by atoms with Gasteiger partial charge in [0.05, 0.1) is 5.03 Å². The number of nitrogens with one attached hydrogen (secondary N) is 1. The molecule has 0 aliphatic carbocycles. The highest BCUT2D eigenvalue weighted by molar-refractivity contribution is 7.99. The fourth-order valence-corrected chi connectivity index (χ4v) is 1.56. The lowest BCUT2D eigenvalue weighted by molar-refractivity contribution is 1.08. The Morgan fingerprint density at radius 1 is 1.42 bits per heavy atom. The summed E-state index contributed by atoms with van der Waals surface area (Å²) >= 11 is 1.76. The fourth-order valence-electron chi connectivity index (χ4n) is 0.923. The van der Waals surface area contributed by atoms with Crippen molar-refractivity contribution in [1.82, 2.24) is 4.98 Å². The van der Waals surface area contributed by atoms with E-state index in [9.17, 15) is 0 Å². The van der Waals surface area contributed by atoms with Crippen molar-refractivity contribution in [2.45, 2.75) is 18.9 Å². The fraction of sp³-hybridized carbons (Fsp3) is 0.444. The van der Waals surface area contributed by atoms with Gasteiger partial charge < -0.3 is 5.32 Å². The molecule has 0 unspecified atom stereocenters. The van der Waals surface area contributed by atoms with Crippen LogP contribution in [0, 0.1) is 0 Å². The van der Waals surface area contributed by atoms with E-state index < -0.39 is 0 Å². The molecule has 0 amide bonds. The van der Waals surface area contributed by atoms with Gasteiger partial charge in [-0.05, 0) is 24.8 Å². The molecule has 3 heteroatoms. The van der Waals surface area contributed by atoms with Gasteiger partial charge in [-0.1, -0.05) is 13.0 Å². The Bertz CT molecular complexity index is 216. The summed E-state index contributed by atoms with van der Waals surface area (Å²) in [5, 5.41) is 4.28. The standard InChI is InChI=1S/C9H14N2S/c1-3-10-8-6-5-7-9(11-8)12-4-2/h5-7H,3-4H2,1-2H3,(H,10,11). The number of anilines is 1. The molecule has 0 bridgehead atoms. The minimum Gasteiger partial charge on any atom is -0.370 e. The molecule has 2 nitrogen and oxygen atoms in total. The molecule has 0 aliphatic heterocycles. The van der Waals surface area contributed by atoms with Gasteiger partial charge >= 0.3 is 0 Å². The predicted octanol–water partition coefficient (Wildman–Crippen LogP) is 2.63. The van der Waals surface area contributed by atoms with Crippen LogP contribution >= 0.6 is 11.8 Å². The smallest absolute Gasteiger partial charge is 0.127 e. The van der Waals surface area contributed by atoms with Crippen LogP contribution in [0.4, 0.5) is 5.82 Å². The van der Waals surface area contributed by atoms with Crippen molar-refractivity contribution in [3.63, 3.8) is 0 Å². The van der Waals surface area contributed by atoms with Crippen molar-refractivity contribution in [3.05, 3.63) is 18.2 Å². The molecule has 0 aliphatic rings. The normalized spacial score (nSPS) is 9.83. The van der Waals surface area contributed by atoms with Gasteiger partial charge in [0, 0.05) is 6.54 Å². The molecule has 66 valence electrons. The van der Waals surface area contributed by atoms with Gasteiger partial charge in [0.25, 0.3) is 0 Å². The van der Waals surface area contributed by atoms with Crippen LogP contribution in [-0.2, 0) is 0 Å². The average molecular weight is 182 g/mol. The lowest BCUT2D eigenvalue weighted by atomic mass is 10.4. The first-order valence-corrected chi connectivity index (χ1v) is 5.19. The zero-order chi connectivity index (χ0) is 8.81. The summed E-state index contributed by atoms with van der Waals surface area (Å²) in [7, 11) is 0. The highest BCUT2D eigenvalue weighted by atomic mass is 32.2. The summed E-state index contributed by atoms with van der Waals surface area (Å²) in [6.07, 6.45) is 0. The number of nitrogens with zero attached hydrogens (tertiary/aromatic N) is 1. The minimum absolute atomic E-state index is 0.924. The quantitative estimate of drug-likeness (QED) is 0.725. The molecule has 1 heterocycles. The third-order valence-electron chi connectivity index (χ3n) is 1.37.